The zero-order chi connectivity index (χ0) is 21.3. The molecular formula is C23H22N2O5. The Morgan fingerprint density at radius 2 is 1.80 bits per heavy atom. The molecule has 0 heterocycles. The van der Waals surface area contributed by atoms with Gasteiger partial charge in [-0.25, -0.2) is 5.43 Å². The van der Waals surface area contributed by atoms with Gasteiger partial charge in [0.05, 0.1) is 26.0 Å². The molecule has 0 bridgehead atoms. The van der Waals surface area contributed by atoms with Crippen LogP contribution in [0.4, 0.5) is 0 Å². The van der Waals surface area contributed by atoms with Gasteiger partial charge in [-0.15, -0.1) is 0 Å². The Bertz CT molecular complexity index is 1040. The second-order valence-electron chi connectivity index (χ2n) is 6.27. The monoisotopic (exact) mass is 406 g/mol. The van der Waals surface area contributed by atoms with Crippen molar-refractivity contribution in [2.24, 2.45) is 5.10 Å². The molecule has 2 N–H and O–H groups in total. The van der Waals surface area contributed by atoms with Gasteiger partial charge < -0.3 is 19.3 Å². The number of hydrogen-bond acceptors (Lipinski definition) is 6. The van der Waals surface area contributed by atoms with Crippen LogP contribution in [0.3, 0.4) is 0 Å². The number of hydrazone groups is 1. The van der Waals surface area contributed by atoms with E-state index in [1.165, 1.54) is 25.5 Å². The molecule has 1 amide bonds. The number of hydrogen-bond donors (Lipinski definition) is 2. The van der Waals surface area contributed by atoms with Crippen molar-refractivity contribution in [3.05, 3.63) is 83.4 Å². The highest BCUT2D eigenvalue weighted by atomic mass is 16.5. The number of ether oxygens (including phenoxy) is 3. The number of rotatable bonds is 8. The second-order valence-corrected chi connectivity index (χ2v) is 6.27. The van der Waals surface area contributed by atoms with Crippen molar-refractivity contribution in [3.63, 3.8) is 0 Å². The Balaban J connectivity index is 1.63. The van der Waals surface area contributed by atoms with E-state index in [0.29, 0.717) is 29.4 Å². The van der Waals surface area contributed by atoms with Crippen LogP contribution in [-0.4, -0.2) is 31.4 Å². The highest BCUT2D eigenvalue weighted by molar-refractivity contribution is 5.97. The van der Waals surface area contributed by atoms with Gasteiger partial charge >= 0.3 is 0 Å². The largest absolute Gasteiger partial charge is 0.507 e. The molecule has 3 aromatic carbocycles. The van der Waals surface area contributed by atoms with Crippen molar-refractivity contribution in [1.82, 2.24) is 5.43 Å². The summed E-state index contributed by atoms with van der Waals surface area (Å²) in [7, 11) is 3.03. The summed E-state index contributed by atoms with van der Waals surface area (Å²) < 4.78 is 16.2. The lowest BCUT2D eigenvalue weighted by Gasteiger charge is -2.11. The minimum absolute atomic E-state index is 0.0928. The van der Waals surface area contributed by atoms with Gasteiger partial charge in [0.25, 0.3) is 5.91 Å². The smallest absolute Gasteiger partial charge is 0.275 e. The fraction of sp³-hybridized carbons (Fsp3) is 0.130. The van der Waals surface area contributed by atoms with E-state index in [9.17, 15) is 9.90 Å². The number of aromatic hydroxyl groups is 1. The quantitative estimate of drug-likeness (QED) is 0.439. The zero-order valence-corrected chi connectivity index (χ0v) is 16.7. The summed E-state index contributed by atoms with van der Waals surface area (Å²) in [4.78, 5) is 12.2. The van der Waals surface area contributed by atoms with Crippen molar-refractivity contribution in [2.75, 3.05) is 14.2 Å². The Kier molecular flexibility index (Phi) is 6.89. The lowest BCUT2D eigenvalue weighted by Crippen LogP contribution is -2.17. The van der Waals surface area contributed by atoms with Crippen LogP contribution >= 0.6 is 0 Å². The van der Waals surface area contributed by atoms with Crippen molar-refractivity contribution in [3.8, 4) is 23.0 Å². The van der Waals surface area contributed by atoms with E-state index < -0.39 is 5.91 Å². The fourth-order valence-electron chi connectivity index (χ4n) is 2.68. The van der Waals surface area contributed by atoms with Crippen molar-refractivity contribution in [2.45, 2.75) is 6.61 Å². The Labute approximate surface area is 174 Å². The average Bonchev–Trinajstić information content (AvgIpc) is 2.78. The number of phenolic OH excluding ortho intramolecular Hbond substituents is 1. The predicted octanol–water partition coefficient (Wildman–Crippen LogP) is 3.75. The van der Waals surface area contributed by atoms with E-state index >= 15 is 0 Å². The molecule has 0 aromatic heterocycles. The highest BCUT2D eigenvalue weighted by Crippen LogP contribution is 2.28. The number of nitrogens with one attached hydrogen (secondary N) is 1. The molecule has 30 heavy (non-hydrogen) atoms. The maximum atomic E-state index is 12.2. The maximum absolute atomic E-state index is 12.2. The van der Waals surface area contributed by atoms with Gasteiger partial charge in [-0.2, -0.15) is 5.10 Å². The molecule has 0 unspecified atom stereocenters. The number of nitrogens with zero attached hydrogens (tertiary/aromatic N) is 1. The molecule has 0 saturated carbocycles. The standard InChI is InChI=1S/C23H22N2O5/c1-28-18-9-10-19(20(26)13-18)23(27)25-24-14-17-8-11-21(22(12-17)29-2)30-15-16-6-4-3-5-7-16/h3-14,26H,15H2,1-2H3,(H,25,27)/b24-14-. The third-order valence-electron chi connectivity index (χ3n) is 4.25. The van der Waals surface area contributed by atoms with Gasteiger partial charge in [-0.05, 0) is 41.5 Å². The van der Waals surface area contributed by atoms with Gasteiger partial charge in [0.15, 0.2) is 11.5 Å². The number of methoxy groups -OCH3 is 2. The van der Waals surface area contributed by atoms with E-state index in [0.717, 1.165) is 5.56 Å². The summed E-state index contributed by atoms with van der Waals surface area (Å²) in [6, 6.07) is 19.5. The number of amides is 1. The molecule has 154 valence electrons. The third kappa shape index (κ3) is 5.29. The first-order valence-electron chi connectivity index (χ1n) is 9.16. The SMILES string of the molecule is COc1ccc(C(=O)N/N=C\c2ccc(OCc3ccccc3)c(OC)c2)c(O)c1. The molecular weight excluding hydrogens is 384 g/mol. The van der Waals surface area contributed by atoms with Gasteiger partial charge in [0.1, 0.15) is 18.1 Å². The van der Waals surface area contributed by atoms with E-state index in [1.807, 2.05) is 30.3 Å². The van der Waals surface area contributed by atoms with E-state index in [2.05, 4.69) is 10.5 Å². The lowest BCUT2D eigenvalue weighted by atomic mass is 10.2. The van der Waals surface area contributed by atoms with E-state index in [4.69, 9.17) is 14.2 Å². The van der Waals surface area contributed by atoms with Gasteiger partial charge in [0, 0.05) is 6.07 Å². The maximum Gasteiger partial charge on any atom is 0.275 e. The molecule has 0 aliphatic heterocycles. The molecule has 0 spiro atoms. The fourth-order valence-corrected chi connectivity index (χ4v) is 2.68. The second kappa shape index (κ2) is 9.97. The van der Waals surface area contributed by atoms with Crippen LogP contribution in [-0.2, 0) is 6.61 Å². The van der Waals surface area contributed by atoms with Crippen molar-refractivity contribution in [1.29, 1.82) is 0 Å². The summed E-state index contributed by atoms with van der Waals surface area (Å²) in [5, 5.41) is 13.9. The van der Waals surface area contributed by atoms with Gasteiger partial charge in [0.2, 0.25) is 0 Å². The number of benzene rings is 3. The van der Waals surface area contributed by atoms with Crippen LogP contribution in [0.5, 0.6) is 23.0 Å². The molecule has 0 fully saturated rings. The van der Waals surface area contributed by atoms with Crippen molar-refractivity contribution < 1.29 is 24.1 Å². The van der Waals surface area contributed by atoms with Gasteiger partial charge in [-0.3, -0.25) is 4.79 Å². The summed E-state index contributed by atoms with van der Waals surface area (Å²) in [5.74, 6) is 0.874. The number of carbonyl (C=O) groups excluding carboxylic acids is 1. The Hall–Kier alpha value is -4.00. The van der Waals surface area contributed by atoms with E-state index in [1.54, 1.807) is 31.4 Å². The number of carbonyl (C=O) groups is 1. The van der Waals surface area contributed by atoms with E-state index in [-0.39, 0.29) is 11.3 Å². The molecule has 0 atom stereocenters. The van der Waals surface area contributed by atoms with Crippen LogP contribution in [0, 0.1) is 0 Å². The van der Waals surface area contributed by atoms with Crippen LogP contribution in [0.15, 0.2) is 71.8 Å². The molecule has 7 heteroatoms. The molecule has 3 rings (SSSR count). The Morgan fingerprint density at radius 3 is 2.50 bits per heavy atom. The minimum atomic E-state index is -0.541. The third-order valence-corrected chi connectivity index (χ3v) is 4.25. The molecule has 0 radical (unpaired) electrons. The summed E-state index contributed by atoms with van der Waals surface area (Å²) >= 11 is 0. The first kappa shape index (κ1) is 20.7. The molecule has 0 aliphatic rings. The van der Waals surface area contributed by atoms with Crippen molar-refractivity contribution >= 4 is 12.1 Å². The first-order chi connectivity index (χ1) is 14.6. The summed E-state index contributed by atoms with van der Waals surface area (Å²) in [5.41, 5.74) is 4.23. The van der Waals surface area contributed by atoms with Crippen LogP contribution in [0.25, 0.3) is 0 Å². The topological polar surface area (TPSA) is 89.4 Å². The zero-order valence-electron chi connectivity index (χ0n) is 16.7. The molecule has 3 aromatic rings. The van der Waals surface area contributed by atoms with Crippen LogP contribution < -0.4 is 19.6 Å². The molecule has 0 saturated heterocycles. The summed E-state index contributed by atoms with van der Waals surface area (Å²) in [6.45, 7) is 0.423. The van der Waals surface area contributed by atoms with Crippen LogP contribution in [0.1, 0.15) is 21.5 Å². The number of phenols is 1. The normalized spacial score (nSPS) is 10.6. The highest BCUT2D eigenvalue weighted by Gasteiger charge is 2.11. The molecule has 0 aliphatic carbocycles. The molecule has 7 nitrogen and oxygen atoms in total. The van der Waals surface area contributed by atoms with Crippen LogP contribution in [0.2, 0.25) is 0 Å². The summed E-state index contributed by atoms with van der Waals surface area (Å²) in [6.07, 6.45) is 1.47. The first-order valence-corrected chi connectivity index (χ1v) is 9.16. The Morgan fingerprint density at radius 1 is 1.00 bits per heavy atom. The van der Waals surface area contributed by atoms with Gasteiger partial charge in [-0.1, -0.05) is 30.3 Å². The lowest BCUT2D eigenvalue weighted by molar-refractivity contribution is 0.0952. The minimum Gasteiger partial charge on any atom is -0.507 e. The average molecular weight is 406 g/mol. The predicted molar refractivity (Wildman–Crippen MR) is 113 cm³/mol.